The fourth-order valence-electron chi connectivity index (χ4n) is 4.65. The summed E-state index contributed by atoms with van der Waals surface area (Å²) in [6.45, 7) is 2.27. The van der Waals surface area contributed by atoms with Crippen LogP contribution in [0.25, 0.3) is 0 Å². The molecule has 0 saturated carbocycles. The van der Waals surface area contributed by atoms with Crippen LogP contribution in [-0.2, 0) is 4.79 Å². The molecule has 3 N–H and O–H groups in total. The zero-order chi connectivity index (χ0) is 17.4. The summed E-state index contributed by atoms with van der Waals surface area (Å²) in [5, 5.41) is 6.39. The molecule has 4 rings (SSSR count). The van der Waals surface area contributed by atoms with E-state index in [9.17, 15) is 14.4 Å². The summed E-state index contributed by atoms with van der Waals surface area (Å²) in [6, 6.07) is 0.312. The summed E-state index contributed by atoms with van der Waals surface area (Å²) in [5.41, 5.74) is -0.165. The second kappa shape index (κ2) is 9.03. The van der Waals surface area contributed by atoms with Gasteiger partial charge < -0.3 is 20.5 Å². The number of aromatic nitrogens is 2. The predicted octanol–water partition coefficient (Wildman–Crippen LogP) is 0.332. The molecule has 0 aliphatic carbocycles. The molecule has 1 aromatic rings. The smallest absolute Gasteiger partial charge is 0.271 e. The van der Waals surface area contributed by atoms with E-state index in [1.807, 2.05) is 0 Å². The van der Waals surface area contributed by atoms with Crippen LogP contribution < -0.4 is 16.2 Å². The van der Waals surface area contributed by atoms with Gasteiger partial charge in [0.25, 0.3) is 11.5 Å². The molecular formula is C17H25Cl2N5O3. The topological polar surface area (TPSA) is 107 Å². The van der Waals surface area contributed by atoms with Crippen molar-refractivity contribution in [1.29, 1.82) is 0 Å². The van der Waals surface area contributed by atoms with E-state index in [0.29, 0.717) is 30.8 Å². The van der Waals surface area contributed by atoms with Crippen LogP contribution in [0.4, 0.5) is 0 Å². The first-order chi connectivity index (χ1) is 12.1. The van der Waals surface area contributed by atoms with Crippen LogP contribution >= 0.6 is 24.8 Å². The Hall–Kier alpha value is -1.64. The van der Waals surface area contributed by atoms with Crippen molar-refractivity contribution in [3.05, 3.63) is 28.4 Å². The average molecular weight is 418 g/mol. The number of piperidine rings is 3. The minimum Gasteiger partial charge on any atom is -0.349 e. The van der Waals surface area contributed by atoms with E-state index in [0.717, 1.165) is 38.5 Å². The van der Waals surface area contributed by atoms with Gasteiger partial charge in [-0.1, -0.05) is 0 Å². The molecule has 8 nitrogen and oxygen atoms in total. The van der Waals surface area contributed by atoms with Crippen LogP contribution in [0, 0.1) is 11.8 Å². The maximum Gasteiger partial charge on any atom is 0.271 e. The number of nitrogens with one attached hydrogen (secondary N) is 3. The second-order valence-electron chi connectivity index (χ2n) is 7.25. The van der Waals surface area contributed by atoms with E-state index in [-0.39, 0.29) is 53.9 Å². The molecule has 3 saturated heterocycles. The minimum absolute atomic E-state index is 0. The standard InChI is InChI=1S/C17H23N5O3.2ClH/c23-15-9-19-12(7-20-15)17(25)21-8-14-11-4-10(5-18-6-11)13-2-1-3-16(24)22(13)14;;/h7,9-11,13-14,18H,1-6,8H2,(H,20,23)(H,21,25);2*1H/t10-,11+,13+,14+;;/m1../s1. The van der Waals surface area contributed by atoms with Gasteiger partial charge in [0.2, 0.25) is 5.91 Å². The summed E-state index contributed by atoms with van der Waals surface area (Å²) in [4.78, 5) is 44.3. The Morgan fingerprint density at radius 2 is 2.04 bits per heavy atom. The number of nitrogens with zero attached hydrogens (tertiary/aromatic N) is 2. The molecule has 10 heteroatoms. The van der Waals surface area contributed by atoms with Gasteiger partial charge in [0.15, 0.2) is 0 Å². The van der Waals surface area contributed by atoms with Crippen LogP contribution in [0.3, 0.4) is 0 Å². The normalized spacial score (nSPS) is 29.0. The van der Waals surface area contributed by atoms with E-state index >= 15 is 0 Å². The molecule has 3 aliphatic heterocycles. The third-order valence-electron chi connectivity index (χ3n) is 5.78. The lowest BCUT2D eigenvalue weighted by atomic mass is 9.72. The summed E-state index contributed by atoms with van der Waals surface area (Å²) >= 11 is 0. The van der Waals surface area contributed by atoms with E-state index in [2.05, 4.69) is 25.5 Å². The number of fused-ring (bicyclic) bond motifs is 4. The van der Waals surface area contributed by atoms with Crippen molar-refractivity contribution in [1.82, 2.24) is 25.5 Å². The van der Waals surface area contributed by atoms with Crippen molar-refractivity contribution >= 4 is 36.6 Å². The zero-order valence-electron chi connectivity index (χ0n) is 14.8. The van der Waals surface area contributed by atoms with Gasteiger partial charge in [0, 0.05) is 31.7 Å². The highest BCUT2D eigenvalue weighted by Gasteiger charge is 2.47. The zero-order valence-corrected chi connectivity index (χ0v) is 16.5. The number of H-pyrrole nitrogens is 1. The van der Waals surface area contributed by atoms with Crippen molar-refractivity contribution in [2.24, 2.45) is 11.8 Å². The van der Waals surface area contributed by atoms with Gasteiger partial charge >= 0.3 is 0 Å². The van der Waals surface area contributed by atoms with E-state index in [1.54, 1.807) is 0 Å². The summed E-state index contributed by atoms with van der Waals surface area (Å²) in [6.07, 6.45) is 6.13. The highest BCUT2D eigenvalue weighted by molar-refractivity contribution is 5.91. The minimum atomic E-state index is -0.343. The van der Waals surface area contributed by atoms with E-state index in [4.69, 9.17) is 0 Å². The summed E-state index contributed by atoms with van der Waals surface area (Å²) in [5.74, 6) is 0.772. The number of hydrogen-bond donors (Lipinski definition) is 3. The summed E-state index contributed by atoms with van der Waals surface area (Å²) in [7, 11) is 0. The Bertz CT molecular complexity index is 723. The lowest BCUT2D eigenvalue weighted by Crippen LogP contribution is -2.66. The van der Waals surface area contributed by atoms with Gasteiger partial charge in [-0.25, -0.2) is 4.98 Å². The Morgan fingerprint density at radius 1 is 1.26 bits per heavy atom. The van der Waals surface area contributed by atoms with Gasteiger partial charge in [0.05, 0.1) is 12.2 Å². The molecule has 0 aromatic carbocycles. The van der Waals surface area contributed by atoms with Crippen LogP contribution in [0.15, 0.2) is 17.2 Å². The third-order valence-corrected chi connectivity index (χ3v) is 5.78. The monoisotopic (exact) mass is 417 g/mol. The van der Waals surface area contributed by atoms with Crippen LogP contribution in [-0.4, -0.2) is 58.4 Å². The molecule has 2 amide bonds. The number of carbonyl (C=O) groups is 2. The SMILES string of the molecule is Cl.Cl.O=C(NC[C@H]1[C@@H]2CNC[C@@H](C2)[C@@H]2CCCC(=O)N21)c1c[nH]c(=O)cn1. The largest absolute Gasteiger partial charge is 0.349 e. The number of halogens is 2. The fourth-order valence-corrected chi connectivity index (χ4v) is 4.65. The molecule has 1 aromatic heterocycles. The molecule has 150 valence electrons. The Balaban J connectivity index is 0.00000131. The molecule has 0 unspecified atom stereocenters. The van der Waals surface area contributed by atoms with Crippen molar-refractivity contribution in [2.45, 2.75) is 37.8 Å². The van der Waals surface area contributed by atoms with Gasteiger partial charge in [0.1, 0.15) is 5.69 Å². The van der Waals surface area contributed by atoms with Gasteiger partial charge in [-0.15, -0.1) is 24.8 Å². The lowest BCUT2D eigenvalue weighted by Gasteiger charge is -2.54. The van der Waals surface area contributed by atoms with Crippen LogP contribution in [0.1, 0.15) is 36.2 Å². The second-order valence-corrected chi connectivity index (χ2v) is 7.25. The van der Waals surface area contributed by atoms with Crippen LogP contribution in [0.2, 0.25) is 0 Å². The van der Waals surface area contributed by atoms with Crippen molar-refractivity contribution in [3.8, 4) is 0 Å². The molecule has 4 heterocycles. The Kier molecular flexibility index (Phi) is 7.25. The van der Waals surface area contributed by atoms with Gasteiger partial charge in [-0.2, -0.15) is 0 Å². The van der Waals surface area contributed by atoms with Gasteiger partial charge in [-0.05, 0) is 37.6 Å². The molecule has 27 heavy (non-hydrogen) atoms. The number of amides is 2. The highest BCUT2D eigenvalue weighted by Crippen LogP contribution is 2.39. The Morgan fingerprint density at radius 3 is 2.78 bits per heavy atom. The van der Waals surface area contributed by atoms with E-state index < -0.39 is 0 Å². The molecular weight excluding hydrogens is 393 g/mol. The lowest BCUT2D eigenvalue weighted by molar-refractivity contribution is -0.148. The van der Waals surface area contributed by atoms with Crippen molar-refractivity contribution < 1.29 is 9.59 Å². The maximum atomic E-state index is 12.6. The number of rotatable bonds is 3. The maximum absolute atomic E-state index is 12.6. The fraction of sp³-hybridized carbons (Fsp3) is 0.647. The molecule has 3 aliphatic rings. The summed E-state index contributed by atoms with van der Waals surface area (Å²) < 4.78 is 0. The highest BCUT2D eigenvalue weighted by atomic mass is 35.5. The molecule has 0 spiro atoms. The first-order valence-corrected chi connectivity index (χ1v) is 8.98. The van der Waals surface area contributed by atoms with Crippen LogP contribution in [0.5, 0.6) is 0 Å². The first kappa shape index (κ1) is 21.7. The Labute approximate surface area is 169 Å². The van der Waals surface area contributed by atoms with E-state index in [1.165, 1.54) is 6.20 Å². The average Bonchev–Trinajstić information content (AvgIpc) is 2.63. The van der Waals surface area contributed by atoms with Crippen molar-refractivity contribution in [3.63, 3.8) is 0 Å². The molecule has 2 bridgehead atoms. The molecule has 4 atom stereocenters. The predicted molar refractivity (Wildman–Crippen MR) is 104 cm³/mol. The third kappa shape index (κ3) is 4.28. The number of aromatic amines is 1. The first-order valence-electron chi connectivity index (χ1n) is 8.98. The van der Waals surface area contributed by atoms with Gasteiger partial charge in [-0.3, -0.25) is 14.4 Å². The molecule has 0 radical (unpaired) electrons. The van der Waals surface area contributed by atoms with Crippen molar-refractivity contribution in [2.75, 3.05) is 19.6 Å². The quantitative estimate of drug-likeness (QED) is 0.656. The number of hydrogen-bond acceptors (Lipinski definition) is 5. The molecule has 3 fully saturated rings. The number of carbonyl (C=O) groups excluding carboxylic acids is 2.